The number of carbonyl (C=O) groups is 1. The number of nitrogens with one attached hydrogen (secondary N) is 1. The second kappa shape index (κ2) is 12.2. The second-order valence-corrected chi connectivity index (χ2v) is 9.13. The van der Waals surface area contributed by atoms with Crippen molar-refractivity contribution in [3.63, 3.8) is 0 Å². The Bertz CT molecular complexity index is 1020. The first-order valence-electron chi connectivity index (χ1n) is 12.5. The number of hydrogen-bond donors (Lipinski definition) is 1. The molecule has 3 heterocycles. The summed E-state index contributed by atoms with van der Waals surface area (Å²) in [6.45, 7) is 10.2. The van der Waals surface area contributed by atoms with E-state index >= 15 is 0 Å². The van der Waals surface area contributed by atoms with Gasteiger partial charge >= 0.3 is 6.03 Å². The van der Waals surface area contributed by atoms with Crippen LogP contribution in [0.5, 0.6) is 0 Å². The van der Waals surface area contributed by atoms with E-state index in [1.807, 2.05) is 53.4 Å². The van der Waals surface area contributed by atoms with Gasteiger partial charge in [0.2, 0.25) is 0 Å². The molecule has 1 atom stereocenters. The monoisotopic (exact) mass is 472 g/mol. The van der Waals surface area contributed by atoms with Crippen LogP contribution in [0.4, 0.5) is 16.2 Å². The third kappa shape index (κ3) is 6.94. The number of urea groups is 1. The second-order valence-electron chi connectivity index (χ2n) is 9.13. The van der Waals surface area contributed by atoms with Crippen molar-refractivity contribution in [2.45, 2.75) is 32.6 Å². The van der Waals surface area contributed by atoms with Crippen molar-refractivity contribution in [2.24, 2.45) is 11.0 Å². The third-order valence-corrected chi connectivity index (χ3v) is 6.74. The fourth-order valence-corrected chi connectivity index (χ4v) is 4.73. The van der Waals surface area contributed by atoms with Gasteiger partial charge in [-0.2, -0.15) is 5.10 Å². The van der Waals surface area contributed by atoms with E-state index in [0.29, 0.717) is 5.92 Å². The van der Waals surface area contributed by atoms with Crippen LogP contribution in [-0.4, -0.2) is 59.9 Å². The van der Waals surface area contributed by atoms with Crippen LogP contribution in [0.1, 0.15) is 38.3 Å². The van der Waals surface area contributed by atoms with Gasteiger partial charge in [-0.05, 0) is 81.0 Å². The summed E-state index contributed by atoms with van der Waals surface area (Å²) in [5, 5.41) is 9.27. The number of amides is 2. The number of piperidine rings is 1. The zero-order chi connectivity index (χ0) is 24.5. The Hall–Kier alpha value is -3.61. The molecule has 1 N–H and O–H groups in total. The van der Waals surface area contributed by atoms with E-state index in [4.69, 9.17) is 0 Å². The molecule has 0 saturated carbocycles. The number of aromatic nitrogens is 1. The van der Waals surface area contributed by atoms with Gasteiger partial charge < -0.3 is 15.1 Å². The lowest BCUT2D eigenvalue weighted by atomic mass is 10.0. The number of likely N-dealkylation sites (tertiary alicyclic amines) is 1. The van der Waals surface area contributed by atoms with Crippen LogP contribution in [-0.2, 0) is 0 Å². The molecule has 7 heteroatoms. The molecule has 1 aromatic heterocycles. The molecule has 2 fully saturated rings. The standard InChI is InChI=1S/C28H36N6O/c1-3-30-34(4-2)20-15-24-14-19-33(22-24)27-10-8-25(9-11-27)31-28(35)32-17-12-23(13-18-32)21-26-7-5-6-16-29-26/h3-11,16,21,24H,2,12-15,17-20,22H2,1H3,(H,31,35)/b30-3-. The van der Waals surface area contributed by atoms with Crippen molar-refractivity contribution in [3.05, 3.63) is 72.7 Å². The Labute approximate surface area is 208 Å². The van der Waals surface area contributed by atoms with Gasteiger partial charge in [-0.15, -0.1) is 0 Å². The first-order valence-corrected chi connectivity index (χ1v) is 12.5. The van der Waals surface area contributed by atoms with Gasteiger partial charge in [0.05, 0.1) is 5.69 Å². The van der Waals surface area contributed by atoms with Crippen LogP contribution in [0, 0.1) is 5.92 Å². The molecule has 0 radical (unpaired) electrons. The van der Waals surface area contributed by atoms with Gasteiger partial charge in [-0.3, -0.25) is 9.99 Å². The number of hydrazone groups is 1. The minimum absolute atomic E-state index is 0.0302. The molecule has 2 aliphatic rings. The summed E-state index contributed by atoms with van der Waals surface area (Å²) in [6, 6.07) is 14.1. The molecule has 2 aromatic rings. The highest BCUT2D eigenvalue weighted by Gasteiger charge is 2.23. The summed E-state index contributed by atoms with van der Waals surface area (Å²) in [4.78, 5) is 21.5. The number of rotatable bonds is 8. The molecule has 0 spiro atoms. The molecule has 0 bridgehead atoms. The van der Waals surface area contributed by atoms with Crippen molar-refractivity contribution in [1.82, 2.24) is 14.9 Å². The van der Waals surface area contributed by atoms with E-state index in [0.717, 1.165) is 63.4 Å². The highest BCUT2D eigenvalue weighted by atomic mass is 16.2. The molecule has 35 heavy (non-hydrogen) atoms. The van der Waals surface area contributed by atoms with Crippen molar-refractivity contribution >= 4 is 29.7 Å². The average Bonchev–Trinajstić information content (AvgIpc) is 3.37. The van der Waals surface area contributed by atoms with Crippen molar-refractivity contribution in [3.8, 4) is 0 Å². The lowest BCUT2D eigenvalue weighted by Crippen LogP contribution is -2.39. The van der Waals surface area contributed by atoms with Crippen molar-refractivity contribution in [1.29, 1.82) is 0 Å². The van der Waals surface area contributed by atoms with Gasteiger partial charge in [-0.1, -0.05) is 18.2 Å². The lowest BCUT2D eigenvalue weighted by Gasteiger charge is -2.28. The average molecular weight is 473 g/mol. The molecule has 2 saturated heterocycles. The zero-order valence-corrected chi connectivity index (χ0v) is 20.6. The van der Waals surface area contributed by atoms with Gasteiger partial charge in [-0.25, -0.2) is 4.79 Å². The Morgan fingerprint density at radius 3 is 2.69 bits per heavy atom. The molecule has 4 rings (SSSR count). The minimum atomic E-state index is -0.0302. The molecule has 0 aliphatic carbocycles. The predicted octanol–water partition coefficient (Wildman–Crippen LogP) is 5.46. The molecule has 1 unspecified atom stereocenters. The van der Waals surface area contributed by atoms with Crippen LogP contribution in [0.25, 0.3) is 6.08 Å². The Balaban J connectivity index is 1.23. The van der Waals surface area contributed by atoms with Gasteiger partial charge in [0.15, 0.2) is 0 Å². The number of hydrogen-bond acceptors (Lipinski definition) is 5. The summed E-state index contributed by atoms with van der Waals surface area (Å²) < 4.78 is 0. The number of carbonyl (C=O) groups excluding carboxylic acids is 1. The molecule has 184 valence electrons. The van der Waals surface area contributed by atoms with Gasteiger partial charge in [0.25, 0.3) is 0 Å². The maximum absolute atomic E-state index is 12.8. The van der Waals surface area contributed by atoms with Gasteiger partial charge in [0, 0.05) is 62.7 Å². The van der Waals surface area contributed by atoms with E-state index in [2.05, 4.69) is 45.1 Å². The SMILES string of the molecule is C=CN(CCC1CCN(c2ccc(NC(=O)N3CCC(=Cc4ccccn4)CC3)cc2)C1)/N=C\C. The first-order chi connectivity index (χ1) is 17.1. The molecular weight excluding hydrogens is 436 g/mol. The first kappa shape index (κ1) is 24.5. The maximum Gasteiger partial charge on any atom is 0.321 e. The van der Waals surface area contributed by atoms with Crippen molar-refractivity contribution in [2.75, 3.05) is 42.9 Å². The highest BCUT2D eigenvalue weighted by Crippen LogP contribution is 2.27. The van der Waals surface area contributed by atoms with E-state index in [1.165, 1.54) is 17.7 Å². The Morgan fingerprint density at radius 2 is 2.00 bits per heavy atom. The van der Waals surface area contributed by atoms with Crippen LogP contribution in [0.3, 0.4) is 0 Å². The molecule has 1 aromatic carbocycles. The summed E-state index contributed by atoms with van der Waals surface area (Å²) >= 11 is 0. The third-order valence-electron chi connectivity index (χ3n) is 6.74. The van der Waals surface area contributed by atoms with E-state index < -0.39 is 0 Å². The van der Waals surface area contributed by atoms with Crippen LogP contribution < -0.4 is 10.2 Å². The van der Waals surface area contributed by atoms with Crippen LogP contribution >= 0.6 is 0 Å². The quantitative estimate of drug-likeness (QED) is 0.409. The van der Waals surface area contributed by atoms with E-state index in [9.17, 15) is 4.79 Å². The molecular formula is C28H36N6O. The molecule has 7 nitrogen and oxygen atoms in total. The smallest absolute Gasteiger partial charge is 0.321 e. The fourth-order valence-electron chi connectivity index (χ4n) is 4.73. The minimum Gasteiger partial charge on any atom is -0.371 e. The maximum atomic E-state index is 12.8. The predicted molar refractivity (Wildman–Crippen MR) is 144 cm³/mol. The summed E-state index contributed by atoms with van der Waals surface area (Å²) in [5.74, 6) is 0.652. The number of benzene rings is 1. The number of anilines is 2. The number of nitrogens with zero attached hydrogens (tertiary/aromatic N) is 5. The molecule has 2 aliphatic heterocycles. The summed E-state index contributed by atoms with van der Waals surface area (Å²) in [7, 11) is 0. The Morgan fingerprint density at radius 1 is 1.20 bits per heavy atom. The largest absolute Gasteiger partial charge is 0.371 e. The fraction of sp³-hybridized carbons (Fsp3) is 0.393. The highest BCUT2D eigenvalue weighted by molar-refractivity contribution is 5.89. The number of pyridine rings is 1. The van der Waals surface area contributed by atoms with Crippen LogP contribution in [0.15, 0.2) is 72.1 Å². The van der Waals surface area contributed by atoms with Gasteiger partial charge in [0.1, 0.15) is 0 Å². The normalized spacial score (nSPS) is 18.1. The summed E-state index contributed by atoms with van der Waals surface area (Å²) in [6.07, 6.45) is 11.6. The topological polar surface area (TPSA) is 64.1 Å². The van der Waals surface area contributed by atoms with E-state index in [-0.39, 0.29) is 6.03 Å². The molecule has 2 amide bonds. The lowest BCUT2D eigenvalue weighted by molar-refractivity contribution is 0.208. The van der Waals surface area contributed by atoms with Crippen LogP contribution in [0.2, 0.25) is 0 Å². The summed E-state index contributed by atoms with van der Waals surface area (Å²) in [5.41, 5.74) is 4.37. The Kier molecular flexibility index (Phi) is 8.54. The van der Waals surface area contributed by atoms with Crippen molar-refractivity contribution < 1.29 is 4.79 Å². The zero-order valence-electron chi connectivity index (χ0n) is 20.6. The van der Waals surface area contributed by atoms with E-state index in [1.54, 1.807) is 12.4 Å².